The highest BCUT2D eigenvalue weighted by Crippen LogP contribution is 2.34. The summed E-state index contributed by atoms with van der Waals surface area (Å²) in [6, 6.07) is 9.79. The van der Waals surface area contributed by atoms with E-state index in [0.717, 1.165) is 12.0 Å². The lowest BCUT2D eigenvalue weighted by atomic mass is 10.1. The van der Waals surface area contributed by atoms with E-state index in [2.05, 4.69) is 10.3 Å². The second kappa shape index (κ2) is 8.92. The monoisotopic (exact) mass is 412 g/mol. The van der Waals surface area contributed by atoms with Crippen LogP contribution in [0.15, 0.2) is 42.6 Å². The largest absolute Gasteiger partial charge is 0.507 e. The van der Waals surface area contributed by atoms with Gasteiger partial charge in [-0.1, -0.05) is 24.6 Å². The molecule has 3 rings (SSSR count). The maximum atomic E-state index is 12.0. The fourth-order valence-electron chi connectivity index (χ4n) is 3.00. The Hall–Kier alpha value is -3.12. The molecule has 0 aliphatic rings. The summed E-state index contributed by atoms with van der Waals surface area (Å²) in [7, 11) is 1.49. The standard InChI is InChI=1S/C22H21ClN2O4/c1-3-4-14(26)9-13-5-6-15(10-18(13)23)29-21-7-8-25-19-12-20(27)17(11-16(19)21)22(28)24-2/h5-8,10-12,27H,3-4,9H2,1-2H3,(H,24,28). The molecule has 0 unspecified atom stereocenters. The lowest BCUT2D eigenvalue weighted by molar-refractivity contribution is -0.118. The molecular formula is C22H21ClN2O4. The van der Waals surface area contributed by atoms with Gasteiger partial charge in [0.25, 0.3) is 5.91 Å². The van der Waals surface area contributed by atoms with Gasteiger partial charge >= 0.3 is 0 Å². The average Bonchev–Trinajstić information content (AvgIpc) is 2.69. The van der Waals surface area contributed by atoms with E-state index in [0.29, 0.717) is 40.3 Å². The number of hydrogen-bond acceptors (Lipinski definition) is 5. The first-order valence-corrected chi connectivity index (χ1v) is 9.62. The molecule has 7 heteroatoms. The lowest BCUT2D eigenvalue weighted by Gasteiger charge is -2.12. The molecule has 0 spiro atoms. The van der Waals surface area contributed by atoms with Gasteiger partial charge in [0.15, 0.2) is 0 Å². The molecule has 0 radical (unpaired) electrons. The topological polar surface area (TPSA) is 88.5 Å². The predicted octanol–water partition coefficient (Wildman–Crippen LogP) is 4.66. The van der Waals surface area contributed by atoms with Crippen LogP contribution in [-0.4, -0.2) is 28.8 Å². The molecule has 2 aromatic carbocycles. The van der Waals surface area contributed by atoms with E-state index in [4.69, 9.17) is 16.3 Å². The Morgan fingerprint density at radius 2 is 2.00 bits per heavy atom. The Morgan fingerprint density at radius 1 is 1.21 bits per heavy atom. The predicted molar refractivity (Wildman–Crippen MR) is 112 cm³/mol. The number of phenols is 1. The number of nitrogens with zero attached hydrogens (tertiary/aromatic N) is 1. The molecule has 1 heterocycles. The third-order valence-corrected chi connectivity index (χ3v) is 4.81. The van der Waals surface area contributed by atoms with Crippen molar-refractivity contribution in [2.75, 3.05) is 7.05 Å². The third-order valence-electron chi connectivity index (χ3n) is 4.46. The van der Waals surface area contributed by atoms with Crippen molar-refractivity contribution in [3.05, 3.63) is 58.7 Å². The quantitative estimate of drug-likeness (QED) is 0.589. The minimum atomic E-state index is -0.414. The molecule has 2 N–H and O–H groups in total. The van der Waals surface area contributed by atoms with Crippen molar-refractivity contribution in [2.24, 2.45) is 0 Å². The summed E-state index contributed by atoms with van der Waals surface area (Å²) in [6.07, 6.45) is 3.18. The Morgan fingerprint density at radius 3 is 2.69 bits per heavy atom. The van der Waals surface area contributed by atoms with Crippen LogP contribution >= 0.6 is 11.6 Å². The summed E-state index contributed by atoms with van der Waals surface area (Å²) < 4.78 is 5.97. The smallest absolute Gasteiger partial charge is 0.254 e. The summed E-state index contributed by atoms with van der Waals surface area (Å²) in [6.45, 7) is 1.96. The van der Waals surface area contributed by atoms with Crippen LogP contribution in [-0.2, 0) is 11.2 Å². The first kappa shape index (κ1) is 20.6. The molecule has 29 heavy (non-hydrogen) atoms. The molecular weight excluding hydrogens is 392 g/mol. The van der Waals surface area contributed by atoms with Gasteiger partial charge in [0, 0.05) is 42.6 Å². The highest BCUT2D eigenvalue weighted by Gasteiger charge is 2.15. The number of hydrogen-bond donors (Lipinski definition) is 2. The van der Waals surface area contributed by atoms with Gasteiger partial charge in [-0.15, -0.1) is 0 Å². The minimum absolute atomic E-state index is 0.126. The zero-order valence-electron chi connectivity index (χ0n) is 16.2. The van der Waals surface area contributed by atoms with Gasteiger partial charge in [-0.2, -0.15) is 0 Å². The summed E-state index contributed by atoms with van der Waals surface area (Å²) in [5.74, 6) is 0.522. The fraction of sp³-hybridized carbons (Fsp3) is 0.227. The Balaban J connectivity index is 1.92. The molecule has 1 aromatic heterocycles. The molecule has 0 aliphatic carbocycles. The van der Waals surface area contributed by atoms with E-state index < -0.39 is 5.91 Å². The van der Waals surface area contributed by atoms with E-state index in [-0.39, 0.29) is 17.1 Å². The van der Waals surface area contributed by atoms with Gasteiger partial charge in [-0.05, 0) is 36.2 Å². The van der Waals surface area contributed by atoms with Gasteiger partial charge in [0.2, 0.25) is 0 Å². The van der Waals surface area contributed by atoms with Crippen LogP contribution in [0, 0.1) is 0 Å². The van der Waals surface area contributed by atoms with Gasteiger partial charge < -0.3 is 15.2 Å². The van der Waals surface area contributed by atoms with E-state index >= 15 is 0 Å². The minimum Gasteiger partial charge on any atom is -0.507 e. The number of ether oxygens (including phenoxy) is 1. The Labute approximate surface area is 173 Å². The van der Waals surface area contributed by atoms with Crippen molar-refractivity contribution in [3.63, 3.8) is 0 Å². The summed E-state index contributed by atoms with van der Waals surface area (Å²) >= 11 is 6.33. The number of nitrogens with one attached hydrogen (secondary N) is 1. The van der Waals surface area contributed by atoms with Crippen LogP contribution < -0.4 is 10.1 Å². The lowest BCUT2D eigenvalue weighted by Crippen LogP contribution is -2.17. The molecule has 150 valence electrons. The normalized spacial score (nSPS) is 10.7. The zero-order chi connectivity index (χ0) is 21.0. The van der Waals surface area contributed by atoms with E-state index in [1.54, 1.807) is 30.5 Å². The SMILES string of the molecule is CCCC(=O)Cc1ccc(Oc2ccnc3cc(O)c(C(=O)NC)cc23)cc1Cl. The summed E-state index contributed by atoms with van der Waals surface area (Å²) in [5, 5.41) is 13.6. The number of benzene rings is 2. The molecule has 1 amide bonds. The summed E-state index contributed by atoms with van der Waals surface area (Å²) in [5.41, 5.74) is 1.37. The number of pyridine rings is 1. The van der Waals surface area contributed by atoms with Gasteiger partial charge in [-0.25, -0.2) is 0 Å². The zero-order valence-corrected chi connectivity index (χ0v) is 16.9. The van der Waals surface area contributed by atoms with Crippen molar-refractivity contribution in [1.82, 2.24) is 10.3 Å². The second-order valence-corrected chi connectivity index (χ2v) is 7.00. The molecule has 3 aromatic rings. The van der Waals surface area contributed by atoms with Crippen molar-refractivity contribution in [1.29, 1.82) is 0 Å². The van der Waals surface area contributed by atoms with Crippen molar-refractivity contribution in [2.45, 2.75) is 26.2 Å². The highest BCUT2D eigenvalue weighted by molar-refractivity contribution is 6.31. The van der Waals surface area contributed by atoms with Crippen LogP contribution in [0.3, 0.4) is 0 Å². The number of aromatic hydroxyl groups is 1. The van der Waals surface area contributed by atoms with Crippen LogP contribution in [0.2, 0.25) is 5.02 Å². The number of aromatic nitrogens is 1. The van der Waals surface area contributed by atoms with Crippen LogP contribution in [0.4, 0.5) is 0 Å². The number of phenolic OH excluding ortho intramolecular Hbond substituents is 1. The molecule has 0 aliphatic heterocycles. The number of amides is 1. The maximum Gasteiger partial charge on any atom is 0.254 e. The maximum absolute atomic E-state index is 12.0. The number of ketones is 1. The summed E-state index contributed by atoms with van der Waals surface area (Å²) in [4.78, 5) is 28.1. The molecule has 0 saturated heterocycles. The highest BCUT2D eigenvalue weighted by atomic mass is 35.5. The molecule has 0 saturated carbocycles. The van der Waals surface area contributed by atoms with Gasteiger partial charge in [0.05, 0.1) is 11.1 Å². The average molecular weight is 413 g/mol. The first-order chi connectivity index (χ1) is 13.9. The van der Waals surface area contributed by atoms with Crippen LogP contribution in [0.25, 0.3) is 10.9 Å². The van der Waals surface area contributed by atoms with Crippen molar-refractivity contribution in [3.8, 4) is 17.2 Å². The number of rotatable bonds is 7. The van der Waals surface area contributed by atoms with Crippen LogP contribution in [0.5, 0.6) is 17.2 Å². The van der Waals surface area contributed by atoms with E-state index in [9.17, 15) is 14.7 Å². The molecule has 6 nitrogen and oxygen atoms in total. The van der Waals surface area contributed by atoms with Gasteiger partial charge in [0.1, 0.15) is 23.0 Å². The number of carbonyl (C=O) groups is 2. The number of halogens is 1. The third kappa shape index (κ3) is 4.66. The molecule has 0 fully saturated rings. The first-order valence-electron chi connectivity index (χ1n) is 9.24. The number of carbonyl (C=O) groups excluding carboxylic acids is 2. The number of fused-ring (bicyclic) bond motifs is 1. The fourth-order valence-corrected chi connectivity index (χ4v) is 3.24. The second-order valence-electron chi connectivity index (χ2n) is 6.60. The number of Topliss-reactive ketones (excluding diaryl/α,β-unsaturated/α-hetero) is 1. The Kier molecular flexibility index (Phi) is 6.34. The van der Waals surface area contributed by atoms with Crippen molar-refractivity contribution < 1.29 is 19.4 Å². The molecule has 0 bridgehead atoms. The van der Waals surface area contributed by atoms with Gasteiger partial charge in [-0.3, -0.25) is 14.6 Å². The Bertz CT molecular complexity index is 1080. The van der Waals surface area contributed by atoms with Crippen LogP contribution in [0.1, 0.15) is 35.7 Å². The van der Waals surface area contributed by atoms with E-state index in [1.807, 2.05) is 6.92 Å². The molecule has 0 atom stereocenters. The van der Waals surface area contributed by atoms with Crippen molar-refractivity contribution >= 4 is 34.2 Å². The van der Waals surface area contributed by atoms with E-state index in [1.165, 1.54) is 19.2 Å².